The number of rotatable bonds is 1. The standard InChI is InChI=1S/C13H16N2O2/c1-13(2)11(16)12-15(14-13)10(8-17-12)9-6-4-3-5-7-9/h3-7,10,12,14H,8H2,1-2H3. The topological polar surface area (TPSA) is 41.6 Å². The third kappa shape index (κ3) is 1.60. The van der Waals surface area contributed by atoms with Crippen LogP contribution in [0.4, 0.5) is 0 Å². The van der Waals surface area contributed by atoms with E-state index in [0.717, 1.165) is 0 Å². The molecule has 2 atom stereocenters. The first kappa shape index (κ1) is 10.9. The van der Waals surface area contributed by atoms with Crippen LogP contribution in [0.2, 0.25) is 0 Å². The molecular weight excluding hydrogens is 216 g/mol. The molecule has 1 aromatic rings. The van der Waals surface area contributed by atoms with Gasteiger partial charge < -0.3 is 4.74 Å². The second-order valence-corrected chi connectivity index (χ2v) is 5.12. The average molecular weight is 232 g/mol. The van der Waals surface area contributed by atoms with Crippen molar-refractivity contribution in [3.8, 4) is 0 Å². The van der Waals surface area contributed by atoms with Crippen LogP contribution in [0.5, 0.6) is 0 Å². The van der Waals surface area contributed by atoms with Crippen molar-refractivity contribution >= 4 is 5.78 Å². The summed E-state index contributed by atoms with van der Waals surface area (Å²) in [5.74, 6) is 0.107. The summed E-state index contributed by atoms with van der Waals surface area (Å²) in [6, 6.07) is 10.2. The lowest BCUT2D eigenvalue weighted by Gasteiger charge is -2.24. The van der Waals surface area contributed by atoms with Crippen molar-refractivity contribution in [1.82, 2.24) is 10.4 Å². The third-order valence-corrected chi connectivity index (χ3v) is 3.43. The first-order valence-electron chi connectivity index (χ1n) is 5.86. The number of nitrogens with zero attached hydrogens (tertiary/aromatic N) is 1. The van der Waals surface area contributed by atoms with E-state index in [4.69, 9.17) is 4.74 Å². The van der Waals surface area contributed by atoms with Crippen LogP contribution in [-0.4, -0.2) is 29.2 Å². The molecule has 0 saturated carbocycles. The van der Waals surface area contributed by atoms with E-state index in [-0.39, 0.29) is 11.8 Å². The van der Waals surface area contributed by atoms with Crippen molar-refractivity contribution in [2.75, 3.05) is 6.61 Å². The Morgan fingerprint density at radius 3 is 2.76 bits per heavy atom. The second kappa shape index (κ2) is 3.63. The largest absolute Gasteiger partial charge is 0.352 e. The molecule has 2 unspecified atom stereocenters. The Morgan fingerprint density at radius 2 is 2.06 bits per heavy atom. The number of carbonyl (C=O) groups excluding carboxylic acids is 1. The smallest absolute Gasteiger partial charge is 0.198 e. The summed E-state index contributed by atoms with van der Waals surface area (Å²) in [5.41, 5.74) is 3.89. The maximum atomic E-state index is 12.1. The van der Waals surface area contributed by atoms with Crippen LogP contribution in [0.15, 0.2) is 30.3 Å². The Hall–Kier alpha value is -1.23. The fourth-order valence-corrected chi connectivity index (χ4v) is 2.46. The maximum Gasteiger partial charge on any atom is 0.198 e. The first-order chi connectivity index (χ1) is 8.09. The number of benzene rings is 1. The third-order valence-electron chi connectivity index (χ3n) is 3.43. The molecule has 4 nitrogen and oxygen atoms in total. The summed E-state index contributed by atoms with van der Waals surface area (Å²) in [4.78, 5) is 12.1. The molecule has 0 bridgehead atoms. The summed E-state index contributed by atoms with van der Waals surface area (Å²) in [6.45, 7) is 4.33. The van der Waals surface area contributed by atoms with E-state index in [1.54, 1.807) is 0 Å². The molecule has 0 amide bonds. The lowest BCUT2D eigenvalue weighted by Crippen LogP contribution is -2.44. The summed E-state index contributed by atoms with van der Waals surface area (Å²) < 4.78 is 5.61. The predicted octanol–water partition coefficient (Wildman–Crippen LogP) is 1.25. The van der Waals surface area contributed by atoms with Gasteiger partial charge in [0.2, 0.25) is 0 Å². The maximum absolute atomic E-state index is 12.1. The Kier molecular flexibility index (Phi) is 2.33. The van der Waals surface area contributed by atoms with Gasteiger partial charge in [-0.05, 0) is 19.4 Å². The van der Waals surface area contributed by atoms with Crippen molar-refractivity contribution in [3.05, 3.63) is 35.9 Å². The SMILES string of the molecule is CC1(C)NN2C(OCC2c2ccccc2)C1=O. The number of ether oxygens (including phenoxy) is 1. The van der Waals surface area contributed by atoms with Crippen LogP contribution < -0.4 is 5.43 Å². The molecule has 2 aliphatic rings. The van der Waals surface area contributed by atoms with Gasteiger partial charge in [-0.1, -0.05) is 30.3 Å². The van der Waals surface area contributed by atoms with Crippen LogP contribution >= 0.6 is 0 Å². The van der Waals surface area contributed by atoms with E-state index < -0.39 is 11.8 Å². The molecule has 0 radical (unpaired) electrons. The molecule has 17 heavy (non-hydrogen) atoms. The Bertz CT molecular complexity index is 444. The zero-order valence-electron chi connectivity index (χ0n) is 10.0. The lowest BCUT2D eigenvalue weighted by atomic mass is 10.0. The molecule has 2 heterocycles. The molecule has 0 aliphatic carbocycles. The number of carbonyl (C=O) groups is 1. The summed E-state index contributed by atoms with van der Waals surface area (Å²) in [6.07, 6.45) is -0.435. The zero-order valence-corrected chi connectivity index (χ0v) is 10.0. The molecule has 2 aliphatic heterocycles. The van der Waals surface area contributed by atoms with Gasteiger partial charge in [-0.3, -0.25) is 4.79 Å². The molecule has 1 N–H and O–H groups in total. The van der Waals surface area contributed by atoms with Gasteiger partial charge in [0.05, 0.1) is 18.2 Å². The van der Waals surface area contributed by atoms with Gasteiger partial charge in [0, 0.05) is 0 Å². The van der Waals surface area contributed by atoms with Crippen LogP contribution in [0.1, 0.15) is 25.5 Å². The molecule has 0 aromatic heterocycles. The number of fused-ring (bicyclic) bond motifs is 1. The van der Waals surface area contributed by atoms with Gasteiger partial charge in [0.15, 0.2) is 12.0 Å². The highest BCUT2D eigenvalue weighted by atomic mass is 16.5. The van der Waals surface area contributed by atoms with E-state index in [2.05, 4.69) is 17.6 Å². The Morgan fingerprint density at radius 1 is 1.35 bits per heavy atom. The number of ketones is 1. The van der Waals surface area contributed by atoms with Crippen LogP contribution in [0.3, 0.4) is 0 Å². The summed E-state index contributed by atoms with van der Waals surface area (Å²) >= 11 is 0. The highest BCUT2D eigenvalue weighted by Gasteiger charge is 2.52. The number of nitrogens with one attached hydrogen (secondary N) is 1. The highest BCUT2D eigenvalue weighted by Crippen LogP contribution is 2.35. The molecule has 2 saturated heterocycles. The van der Waals surface area contributed by atoms with E-state index in [9.17, 15) is 4.79 Å². The predicted molar refractivity (Wildman–Crippen MR) is 63.0 cm³/mol. The van der Waals surface area contributed by atoms with Crippen molar-refractivity contribution in [2.45, 2.75) is 31.7 Å². The number of Topliss-reactive ketones (excluding diaryl/α,β-unsaturated/α-hetero) is 1. The minimum atomic E-state index is -0.530. The molecule has 2 fully saturated rings. The molecule has 0 spiro atoms. The minimum Gasteiger partial charge on any atom is -0.352 e. The zero-order chi connectivity index (χ0) is 12.0. The summed E-state index contributed by atoms with van der Waals surface area (Å²) in [5, 5.41) is 1.94. The molecule has 3 rings (SSSR count). The van der Waals surface area contributed by atoms with Crippen LogP contribution in [0.25, 0.3) is 0 Å². The molecular formula is C13H16N2O2. The quantitative estimate of drug-likeness (QED) is 0.791. The highest BCUT2D eigenvalue weighted by molar-refractivity contribution is 5.93. The van der Waals surface area contributed by atoms with Crippen molar-refractivity contribution < 1.29 is 9.53 Å². The second-order valence-electron chi connectivity index (χ2n) is 5.12. The van der Waals surface area contributed by atoms with Crippen LogP contribution in [0, 0.1) is 0 Å². The average Bonchev–Trinajstić information content (AvgIpc) is 2.80. The van der Waals surface area contributed by atoms with Gasteiger partial charge in [-0.25, -0.2) is 5.43 Å². The van der Waals surface area contributed by atoms with Crippen molar-refractivity contribution in [2.24, 2.45) is 0 Å². The fourth-order valence-electron chi connectivity index (χ4n) is 2.46. The molecule has 4 heteroatoms. The first-order valence-corrected chi connectivity index (χ1v) is 5.86. The van der Waals surface area contributed by atoms with Gasteiger partial charge >= 0.3 is 0 Å². The normalized spacial score (nSPS) is 31.8. The van der Waals surface area contributed by atoms with E-state index in [1.807, 2.05) is 37.1 Å². The van der Waals surface area contributed by atoms with E-state index in [0.29, 0.717) is 6.61 Å². The summed E-state index contributed by atoms with van der Waals surface area (Å²) in [7, 11) is 0. The fraction of sp³-hybridized carbons (Fsp3) is 0.462. The number of hydrazine groups is 1. The lowest BCUT2D eigenvalue weighted by molar-refractivity contribution is -0.131. The van der Waals surface area contributed by atoms with Gasteiger partial charge in [-0.15, -0.1) is 0 Å². The Balaban J connectivity index is 1.90. The van der Waals surface area contributed by atoms with Crippen LogP contribution in [-0.2, 0) is 9.53 Å². The minimum absolute atomic E-state index is 0.107. The van der Waals surface area contributed by atoms with Crippen molar-refractivity contribution in [3.63, 3.8) is 0 Å². The number of hydrogen-bond donors (Lipinski definition) is 1. The monoisotopic (exact) mass is 232 g/mol. The Labute approximate surface area is 101 Å². The van der Waals surface area contributed by atoms with E-state index >= 15 is 0 Å². The molecule has 90 valence electrons. The van der Waals surface area contributed by atoms with E-state index in [1.165, 1.54) is 5.56 Å². The molecule has 1 aromatic carbocycles. The van der Waals surface area contributed by atoms with Crippen molar-refractivity contribution in [1.29, 1.82) is 0 Å². The van der Waals surface area contributed by atoms with Gasteiger partial charge in [-0.2, -0.15) is 5.01 Å². The number of hydrogen-bond acceptors (Lipinski definition) is 4. The van der Waals surface area contributed by atoms with Gasteiger partial charge in [0.25, 0.3) is 0 Å². The van der Waals surface area contributed by atoms with Gasteiger partial charge in [0.1, 0.15) is 0 Å².